The highest BCUT2D eigenvalue weighted by molar-refractivity contribution is 5.71. The fourth-order valence-electron chi connectivity index (χ4n) is 7.95. The highest BCUT2D eigenvalue weighted by Gasteiger charge is 2.19. The minimum Gasteiger partial charge on any atom is -0.462 e. The van der Waals surface area contributed by atoms with Gasteiger partial charge < -0.3 is 14.2 Å². The second-order valence-corrected chi connectivity index (χ2v) is 18.8. The van der Waals surface area contributed by atoms with Gasteiger partial charge in [0, 0.05) is 19.3 Å². The van der Waals surface area contributed by atoms with E-state index in [0.717, 1.165) is 89.9 Å². The Morgan fingerprint density at radius 2 is 0.545 bits per heavy atom. The molecule has 0 fully saturated rings. The quantitative estimate of drug-likeness (QED) is 0.0262. The second kappa shape index (κ2) is 54.7. The van der Waals surface area contributed by atoms with Gasteiger partial charge in [-0.05, 0) is 89.9 Å². The zero-order valence-corrected chi connectivity index (χ0v) is 43.7. The molecule has 0 aromatic carbocycles. The van der Waals surface area contributed by atoms with Crippen LogP contribution in [0.2, 0.25) is 0 Å². The molecule has 0 aliphatic rings. The van der Waals surface area contributed by atoms with Crippen LogP contribution in [0.4, 0.5) is 0 Å². The number of esters is 3. The van der Waals surface area contributed by atoms with Gasteiger partial charge in [-0.3, -0.25) is 14.4 Å². The van der Waals surface area contributed by atoms with Crippen LogP contribution in [-0.2, 0) is 28.6 Å². The van der Waals surface area contributed by atoms with Crippen molar-refractivity contribution in [1.29, 1.82) is 0 Å². The molecule has 0 saturated heterocycles. The van der Waals surface area contributed by atoms with Crippen LogP contribution in [0.25, 0.3) is 0 Å². The van der Waals surface area contributed by atoms with Crippen LogP contribution in [0, 0.1) is 0 Å². The van der Waals surface area contributed by atoms with E-state index < -0.39 is 6.10 Å². The number of ether oxygens (including phenoxy) is 3. The van der Waals surface area contributed by atoms with E-state index in [0.29, 0.717) is 19.3 Å². The molecule has 0 rings (SSSR count). The molecule has 0 aromatic heterocycles. The average Bonchev–Trinajstić information content (AvgIpc) is 3.31. The summed E-state index contributed by atoms with van der Waals surface area (Å²) in [7, 11) is 0. The maximum Gasteiger partial charge on any atom is 0.306 e. The number of unbranched alkanes of at least 4 members (excludes halogenated alkanes) is 30. The monoisotopic (exact) mass is 923 g/mol. The zero-order chi connectivity index (χ0) is 47.9. The van der Waals surface area contributed by atoms with Crippen LogP contribution in [0.15, 0.2) is 60.8 Å². The lowest BCUT2D eigenvalue weighted by Gasteiger charge is -2.18. The number of hydrogen-bond donors (Lipinski definition) is 0. The number of allylic oxidation sites excluding steroid dienone is 10. The number of carbonyl (C=O) groups excluding carboxylic acids is 3. The van der Waals surface area contributed by atoms with Crippen molar-refractivity contribution in [3.63, 3.8) is 0 Å². The summed E-state index contributed by atoms with van der Waals surface area (Å²) in [6.45, 7) is 6.55. The molecule has 0 radical (unpaired) electrons. The van der Waals surface area contributed by atoms with Gasteiger partial charge in [0.1, 0.15) is 13.2 Å². The first-order valence-electron chi connectivity index (χ1n) is 28.3. The lowest BCUT2D eigenvalue weighted by Crippen LogP contribution is -2.30. The first-order chi connectivity index (χ1) is 32.5. The van der Waals surface area contributed by atoms with Crippen molar-refractivity contribution in [3.05, 3.63) is 60.8 Å². The SMILES string of the molecule is CCCCC/C=C\C/C=C\C/C=C\CCCCCCCCC(=O)OC(COC(=O)CCCCCCCC)COC(=O)CCCCCCCCCCCCC/C=C\C/C=C\CCCCCCC. The van der Waals surface area contributed by atoms with Gasteiger partial charge in [0.05, 0.1) is 0 Å². The Morgan fingerprint density at radius 3 is 0.879 bits per heavy atom. The van der Waals surface area contributed by atoms with Gasteiger partial charge in [-0.1, -0.05) is 236 Å². The van der Waals surface area contributed by atoms with Gasteiger partial charge >= 0.3 is 17.9 Å². The molecule has 0 aromatic rings. The lowest BCUT2D eigenvalue weighted by molar-refractivity contribution is -0.167. The summed E-state index contributed by atoms with van der Waals surface area (Å²) in [5, 5.41) is 0. The van der Waals surface area contributed by atoms with Crippen molar-refractivity contribution in [2.24, 2.45) is 0 Å². The Labute approximate surface area is 409 Å². The van der Waals surface area contributed by atoms with Crippen molar-refractivity contribution < 1.29 is 28.6 Å². The zero-order valence-electron chi connectivity index (χ0n) is 43.7. The minimum atomic E-state index is -0.778. The van der Waals surface area contributed by atoms with Crippen LogP contribution < -0.4 is 0 Å². The molecule has 66 heavy (non-hydrogen) atoms. The third-order valence-corrected chi connectivity index (χ3v) is 12.2. The molecule has 6 heteroatoms. The normalized spacial score (nSPS) is 12.5. The van der Waals surface area contributed by atoms with Gasteiger partial charge in [-0.2, -0.15) is 0 Å². The van der Waals surface area contributed by atoms with Crippen molar-refractivity contribution in [3.8, 4) is 0 Å². The fraction of sp³-hybridized carbons (Fsp3) is 0.783. The van der Waals surface area contributed by atoms with Gasteiger partial charge in [-0.25, -0.2) is 0 Å². The fourth-order valence-corrected chi connectivity index (χ4v) is 7.95. The average molecular weight is 924 g/mol. The Bertz CT molecular complexity index is 1200. The van der Waals surface area contributed by atoms with Crippen molar-refractivity contribution in [2.45, 2.75) is 290 Å². The third-order valence-electron chi connectivity index (χ3n) is 12.2. The van der Waals surface area contributed by atoms with Crippen molar-refractivity contribution in [1.82, 2.24) is 0 Å². The van der Waals surface area contributed by atoms with Gasteiger partial charge in [0.15, 0.2) is 6.10 Å². The van der Waals surface area contributed by atoms with Gasteiger partial charge in [0.2, 0.25) is 0 Å². The Balaban J connectivity index is 4.17. The Hall–Kier alpha value is -2.89. The maximum atomic E-state index is 12.8. The first-order valence-corrected chi connectivity index (χ1v) is 28.3. The number of carbonyl (C=O) groups is 3. The number of hydrogen-bond acceptors (Lipinski definition) is 6. The molecular weight excluding hydrogens is 817 g/mol. The molecule has 6 nitrogen and oxygen atoms in total. The molecule has 0 amide bonds. The van der Waals surface area contributed by atoms with Crippen LogP contribution in [-0.4, -0.2) is 37.2 Å². The van der Waals surface area contributed by atoms with Gasteiger partial charge in [0.25, 0.3) is 0 Å². The topological polar surface area (TPSA) is 78.9 Å². The molecule has 0 saturated carbocycles. The summed E-state index contributed by atoms with van der Waals surface area (Å²) in [5.41, 5.74) is 0. The maximum absolute atomic E-state index is 12.8. The molecule has 0 heterocycles. The molecule has 382 valence electrons. The predicted octanol–water partition coefficient (Wildman–Crippen LogP) is 18.8. The van der Waals surface area contributed by atoms with Crippen LogP contribution in [0.3, 0.4) is 0 Å². The largest absolute Gasteiger partial charge is 0.462 e. The number of rotatable bonds is 51. The molecule has 0 aliphatic carbocycles. The third kappa shape index (κ3) is 52.1. The van der Waals surface area contributed by atoms with Crippen molar-refractivity contribution in [2.75, 3.05) is 13.2 Å². The summed E-state index contributed by atoms with van der Waals surface area (Å²) in [5.74, 6) is -0.896. The van der Waals surface area contributed by atoms with Crippen LogP contribution in [0.1, 0.15) is 284 Å². The lowest BCUT2D eigenvalue weighted by atomic mass is 10.0. The summed E-state index contributed by atoms with van der Waals surface area (Å²) in [6, 6.07) is 0. The Kier molecular flexibility index (Phi) is 52.3. The summed E-state index contributed by atoms with van der Waals surface area (Å²) < 4.78 is 16.7. The molecule has 1 unspecified atom stereocenters. The summed E-state index contributed by atoms with van der Waals surface area (Å²) >= 11 is 0. The van der Waals surface area contributed by atoms with Gasteiger partial charge in [-0.15, -0.1) is 0 Å². The van der Waals surface area contributed by atoms with E-state index in [1.165, 1.54) is 154 Å². The molecule has 0 spiro atoms. The molecular formula is C60H106O6. The highest BCUT2D eigenvalue weighted by atomic mass is 16.6. The highest BCUT2D eigenvalue weighted by Crippen LogP contribution is 2.15. The van der Waals surface area contributed by atoms with Crippen molar-refractivity contribution >= 4 is 17.9 Å². The van der Waals surface area contributed by atoms with E-state index >= 15 is 0 Å². The molecule has 0 bridgehead atoms. The molecule has 1 atom stereocenters. The summed E-state index contributed by atoms with van der Waals surface area (Å²) in [4.78, 5) is 37.9. The van der Waals surface area contributed by atoms with E-state index in [1.807, 2.05) is 0 Å². The Morgan fingerprint density at radius 1 is 0.303 bits per heavy atom. The predicted molar refractivity (Wildman–Crippen MR) is 284 cm³/mol. The molecule has 0 aliphatic heterocycles. The standard InChI is InChI=1S/C60H106O6/c1-4-7-10-13-16-18-20-22-24-26-28-29-30-31-33-34-36-38-40-42-44-47-50-53-59(62)65-56-57(55-64-58(61)52-49-46-15-12-9-6-3)66-60(63)54-51-48-45-43-41-39-37-35-32-27-25-23-21-19-17-14-11-8-5-2/h17,19-20,22-23,25-26,28,32,35,57H,4-16,18,21,24,27,29-31,33-34,36-56H2,1-3H3/b19-17-,22-20-,25-23-,28-26-,35-32-. The summed E-state index contributed by atoms with van der Waals surface area (Å²) in [6.07, 6.45) is 68.1. The first kappa shape index (κ1) is 63.1. The van der Waals surface area contributed by atoms with E-state index in [2.05, 4.69) is 81.5 Å². The van der Waals surface area contributed by atoms with Crippen LogP contribution >= 0.6 is 0 Å². The minimum absolute atomic E-state index is 0.0796. The second-order valence-electron chi connectivity index (χ2n) is 18.8. The molecule has 0 N–H and O–H groups in total. The van der Waals surface area contributed by atoms with E-state index in [-0.39, 0.29) is 31.1 Å². The van der Waals surface area contributed by atoms with E-state index in [4.69, 9.17) is 14.2 Å². The van der Waals surface area contributed by atoms with Crippen LogP contribution in [0.5, 0.6) is 0 Å². The van der Waals surface area contributed by atoms with E-state index in [9.17, 15) is 14.4 Å². The van der Waals surface area contributed by atoms with E-state index in [1.54, 1.807) is 0 Å². The smallest absolute Gasteiger partial charge is 0.306 e.